The molecule has 3 heteroatoms. The van der Waals surface area contributed by atoms with E-state index in [0.29, 0.717) is 5.92 Å². The smallest absolute Gasteiger partial charge is 0.142 e. The highest BCUT2D eigenvalue weighted by Crippen LogP contribution is 2.31. The third-order valence-electron chi connectivity index (χ3n) is 3.89. The predicted molar refractivity (Wildman–Crippen MR) is 81.2 cm³/mol. The summed E-state index contributed by atoms with van der Waals surface area (Å²) in [6.07, 6.45) is 0. The van der Waals surface area contributed by atoms with Crippen LogP contribution in [0, 0.1) is 25.7 Å². The molecular formula is C16H27NO2. The van der Waals surface area contributed by atoms with E-state index < -0.39 is 0 Å². The summed E-state index contributed by atoms with van der Waals surface area (Å²) in [4.78, 5) is 2.17. The first kappa shape index (κ1) is 15.8. The van der Waals surface area contributed by atoms with Crippen molar-refractivity contribution in [3.8, 4) is 5.75 Å². The molecule has 0 aliphatic heterocycles. The van der Waals surface area contributed by atoms with Crippen LogP contribution in [0.4, 0.5) is 5.69 Å². The van der Waals surface area contributed by atoms with E-state index in [9.17, 15) is 5.11 Å². The minimum absolute atomic E-state index is 0.217. The van der Waals surface area contributed by atoms with Crippen LogP contribution in [0.2, 0.25) is 0 Å². The summed E-state index contributed by atoms with van der Waals surface area (Å²) in [7, 11) is 3.76. The number of anilines is 1. The summed E-state index contributed by atoms with van der Waals surface area (Å²) in [5.74, 6) is 1.63. The van der Waals surface area contributed by atoms with Gasteiger partial charge in [0.25, 0.3) is 0 Å². The second-order valence-electron chi connectivity index (χ2n) is 5.68. The topological polar surface area (TPSA) is 32.7 Å². The molecule has 0 fully saturated rings. The lowest BCUT2D eigenvalue weighted by molar-refractivity contribution is 0.193. The van der Waals surface area contributed by atoms with Crippen molar-refractivity contribution in [2.75, 3.05) is 32.2 Å². The molecule has 1 unspecified atom stereocenters. The molecule has 0 heterocycles. The van der Waals surface area contributed by atoms with Gasteiger partial charge in [0.15, 0.2) is 0 Å². The molecule has 0 saturated carbocycles. The fourth-order valence-corrected chi connectivity index (χ4v) is 2.17. The van der Waals surface area contributed by atoms with Crippen LogP contribution in [0.3, 0.4) is 0 Å². The molecule has 1 N–H and O–H groups in total. The summed E-state index contributed by atoms with van der Waals surface area (Å²) in [6.45, 7) is 9.53. The Morgan fingerprint density at radius 2 is 1.79 bits per heavy atom. The number of aryl methyl sites for hydroxylation is 2. The first-order valence-electron chi connectivity index (χ1n) is 6.87. The van der Waals surface area contributed by atoms with Crippen molar-refractivity contribution in [1.29, 1.82) is 0 Å². The molecule has 1 aromatic carbocycles. The molecule has 0 radical (unpaired) electrons. The molecule has 3 nitrogen and oxygen atoms in total. The molecule has 19 heavy (non-hydrogen) atoms. The zero-order valence-corrected chi connectivity index (χ0v) is 13.0. The Hall–Kier alpha value is -1.22. The Bertz CT molecular complexity index is 415. The second-order valence-corrected chi connectivity index (χ2v) is 5.68. The largest absolute Gasteiger partial charge is 0.495 e. The summed E-state index contributed by atoms with van der Waals surface area (Å²) in [6, 6.07) is 4.23. The number of hydrogen-bond donors (Lipinski definition) is 1. The number of aliphatic hydroxyl groups excluding tert-OH is 1. The quantitative estimate of drug-likeness (QED) is 0.858. The minimum atomic E-state index is 0.217. The van der Waals surface area contributed by atoms with Gasteiger partial charge in [-0.05, 0) is 43.0 Å². The number of benzene rings is 1. The molecule has 0 amide bonds. The number of ether oxygens (including phenoxy) is 1. The third-order valence-corrected chi connectivity index (χ3v) is 3.89. The third kappa shape index (κ3) is 3.87. The van der Waals surface area contributed by atoms with Crippen LogP contribution < -0.4 is 9.64 Å². The van der Waals surface area contributed by atoms with Crippen molar-refractivity contribution in [2.24, 2.45) is 11.8 Å². The highest BCUT2D eigenvalue weighted by molar-refractivity contribution is 5.61. The Morgan fingerprint density at radius 3 is 2.26 bits per heavy atom. The van der Waals surface area contributed by atoms with Crippen molar-refractivity contribution in [3.63, 3.8) is 0 Å². The normalized spacial score (nSPS) is 12.6. The van der Waals surface area contributed by atoms with E-state index >= 15 is 0 Å². The van der Waals surface area contributed by atoms with Gasteiger partial charge < -0.3 is 14.7 Å². The van der Waals surface area contributed by atoms with E-state index in [1.807, 2.05) is 0 Å². The fraction of sp³-hybridized carbons (Fsp3) is 0.625. The van der Waals surface area contributed by atoms with Crippen LogP contribution in [0.5, 0.6) is 5.75 Å². The van der Waals surface area contributed by atoms with Crippen LogP contribution in [0.15, 0.2) is 12.1 Å². The van der Waals surface area contributed by atoms with E-state index in [0.717, 1.165) is 18.0 Å². The SMILES string of the molecule is COc1cc(C)c(C)cc1N(C)CC(CO)C(C)C. The monoisotopic (exact) mass is 265 g/mol. The van der Waals surface area contributed by atoms with E-state index in [2.05, 4.69) is 51.8 Å². The van der Waals surface area contributed by atoms with E-state index in [4.69, 9.17) is 4.74 Å². The number of methoxy groups -OCH3 is 1. The van der Waals surface area contributed by atoms with Crippen molar-refractivity contribution < 1.29 is 9.84 Å². The average Bonchev–Trinajstić information content (AvgIpc) is 2.37. The van der Waals surface area contributed by atoms with E-state index in [1.54, 1.807) is 7.11 Å². The van der Waals surface area contributed by atoms with Crippen LogP contribution in [0.1, 0.15) is 25.0 Å². The molecule has 1 rings (SSSR count). The van der Waals surface area contributed by atoms with Gasteiger partial charge >= 0.3 is 0 Å². The molecule has 0 spiro atoms. The lowest BCUT2D eigenvalue weighted by atomic mass is 9.96. The zero-order chi connectivity index (χ0) is 14.6. The van der Waals surface area contributed by atoms with Gasteiger partial charge in [0.1, 0.15) is 5.75 Å². The molecular weight excluding hydrogens is 238 g/mol. The highest BCUT2D eigenvalue weighted by atomic mass is 16.5. The molecule has 0 saturated heterocycles. The Morgan fingerprint density at radius 1 is 1.21 bits per heavy atom. The Kier molecular flexibility index (Phi) is 5.67. The van der Waals surface area contributed by atoms with Gasteiger partial charge in [0, 0.05) is 26.1 Å². The number of rotatable bonds is 6. The van der Waals surface area contributed by atoms with Crippen molar-refractivity contribution in [3.05, 3.63) is 23.3 Å². The zero-order valence-electron chi connectivity index (χ0n) is 13.0. The van der Waals surface area contributed by atoms with Crippen molar-refractivity contribution in [2.45, 2.75) is 27.7 Å². The summed E-state index contributed by atoms with van der Waals surface area (Å²) in [5.41, 5.74) is 3.58. The lowest BCUT2D eigenvalue weighted by Crippen LogP contribution is -2.30. The Labute approximate surface area is 117 Å². The highest BCUT2D eigenvalue weighted by Gasteiger charge is 2.17. The molecule has 0 aromatic heterocycles. The summed E-state index contributed by atoms with van der Waals surface area (Å²) < 4.78 is 5.47. The van der Waals surface area contributed by atoms with Gasteiger partial charge in [-0.2, -0.15) is 0 Å². The van der Waals surface area contributed by atoms with Crippen LogP contribution in [-0.4, -0.2) is 32.4 Å². The number of nitrogens with zero attached hydrogens (tertiary/aromatic N) is 1. The maximum Gasteiger partial charge on any atom is 0.142 e. The maximum atomic E-state index is 9.46. The van der Waals surface area contributed by atoms with Gasteiger partial charge in [-0.3, -0.25) is 0 Å². The van der Waals surface area contributed by atoms with Gasteiger partial charge in [0.2, 0.25) is 0 Å². The van der Waals surface area contributed by atoms with E-state index in [1.165, 1.54) is 11.1 Å². The average molecular weight is 265 g/mol. The fourth-order valence-electron chi connectivity index (χ4n) is 2.17. The van der Waals surface area contributed by atoms with Gasteiger partial charge in [0.05, 0.1) is 12.8 Å². The lowest BCUT2D eigenvalue weighted by Gasteiger charge is -2.28. The summed E-state index contributed by atoms with van der Waals surface area (Å²) >= 11 is 0. The first-order chi connectivity index (χ1) is 8.90. The second kappa shape index (κ2) is 6.80. The van der Waals surface area contributed by atoms with Crippen LogP contribution >= 0.6 is 0 Å². The standard InChI is InChI=1S/C16H27NO2/c1-11(2)14(10-18)9-17(5)15-7-12(3)13(4)8-16(15)19-6/h7-8,11,14,18H,9-10H2,1-6H3. The minimum Gasteiger partial charge on any atom is -0.495 e. The van der Waals surface area contributed by atoms with Crippen molar-refractivity contribution in [1.82, 2.24) is 0 Å². The summed E-state index contributed by atoms with van der Waals surface area (Å²) in [5, 5.41) is 9.46. The van der Waals surface area contributed by atoms with E-state index in [-0.39, 0.29) is 12.5 Å². The predicted octanol–water partition coefficient (Wildman–Crippen LogP) is 3.01. The molecule has 1 aromatic rings. The number of hydrogen-bond acceptors (Lipinski definition) is 3. The number of aliphatic hydroxyl groups is 1. The maximum absolute atomic E-state index is 9.46. The molecule has 0 bridgehead atoms. The van der Waals surface area contributed by atoms with Crippen LogP contribution in [-0.2, 0) is 0 Å². The van der Waals surface area contributed by atoms with Gasteiger partial charge in [-0.15, -0.1) is 0 Å². The molecule has 108 valence electrons. The first-order valence-corrected chi connectivity index (χ1v) is 6.87. The Balaban J connectivity index is 2.98. The van der Waals surface area contributed by atoms with Crippen LogP contribution in [0.25, 0.3) is 0 Å². The van der Waals surface area contributed by atoms with Gasteiger partial charge in [-0.1, -0.05) is 13.8 Å². The van der Waals surface area contributed by atoms with Gasteiger partial charge in [-0.25, -0.2) is 0 Å². The van der Waals surface area contributed by atoms with Crippen molar-refractivity contribution >= 4 is 5.69 Å². The molecule has 0 aliphatic rings. The molecule has 1 atom stereocenters. The molecule has 0 aliphatic carbocycles.